The van der Waals surface area contributed by atoms with E-state index in [1.54, 1.807) is 30.3 Å². The van der Waals surface area contributed by atoms with Gasteiger partial charge in [-0.3, -0.25) is 4.79 Å². The third kappa shape index (κ3) is 4.17. The van der Waals surface area contributed by atoms with Crippen LogP contribution in [0.3, 0.4) is 0 Å². The summed E-state index contributed by atoms with van der Waals surface area (Å²) in [6, 6.07) is 10.3. The molecule has 0 fully saturated rings. The van der Waals surface area contributed by atoms with Crippen molar-refractivity contribution < 1.29 is 13.2 Å². The lowest BCUT2D eigenvalue weighted by Gasteiger charge is -2.13. The summed E-state index contributed by atoms with van der Waals surface area (Å²) in [4.78, 5) is 16.4. The summed E-state index contributed by atoms with van der Waals surface area (Å²) >= 11 is 0. The molecule has 3 rings (SSSR count). The highest BCUT2D eigenvalue weighted by atomic mass is 32.2. The number of rotatable bonds is 8. The fourth-order valence-corrected chi connectivity index (χ4v) is 4.20. The van der Waals surface area contributed by atoms with E-state index < -0.39 is 15.9 Å². The van der Waals surface area contributed by atoms with Gasteiger partial charge in [-0.1, -0.05) is 13.0 Å². The molecule has 0 bridgehead atoms. The number of anilines is 1. The molecule has 1 heterocycles. The molecule has 0 spiro atoms. The molecule has 30 heavy (non-hydrogen) atoms. The van der Waals surface area contributed by atoms with Gasteiger partial charge in [0.05, 0.1) is 22.5 Å². The van der Waals surface area contributed by atoms with Crippen molar-refractivity contribution in [1.82, 2.24) is 13.9 Å². The second-order valence-corrected chi connectivity index (χ2v) is 9.52. The van der Waals surface area contributed by atoms with Crippen molar-refractivity contribution in [3.63, 3.8) is 0 Å². The van der Waals surface area contributed by atoms with E-state index >= 15 is 0 Å². The minimum atomic E-state index is -3.53. The number of nitrogens with one attached hydrogen (secondary N) is 1. The zero-order valence-electron chi connectivity index (χ0n) is 17.6. The van der Waals surface area contributed by atoms with E-state index in [4.69, 9.17) is 10.7 Å². The van der Waals surface area contributed by atoms with Gasteiger partial charge in [-0.25, -0.2) is 17.7 Å². The summed E-state index contributed by atoms with van der Waals surface area (Å²) < 4.78 is 28.2. The van der Waals surface area contributed by atoms with Gasteiger partial charge in [0, 0.05) is 31.9 Å². The van der Waals surface area contributed by atoms with Gasteiger partial charge in [0.25, 0.3) is 0 Å². The average molecular weight is 430 g/mol. The highest BCUT2D eigenvalue weighted by Crippen LogP contribution is 2.24. The zero-order chi connectivity index (χ0) is 22.1. The Balaban J connectivity index is 1.98. The van der Waals surface area contributed by atoms with Crippen LogP contribution in [0.2, 0.25) is 0 Å². The molecule has 0 saturated carbocycles. The largest absolute Gasteiger partial charge is 0.378 e. The molecule has 160 valence electrons. The van der Waals surface area contributed by atoms with Crippen molar-refractivity contribution in [2.75, 3.05) is 19.4 Å². The molecular formula is C21H27N5O3S. The number of carbonyl (C=O) groups is 1. The summed E-state index contributed by atoms with van der Waals surface area (Å²) in [5, 5.41) is 3.33. The fourth-order valence-electron chi connectivity index (χ4n) is 3.28. The number of aryl methyl sites for hydroxylation is 2. The Bertz CT molecular complexity index is 1200. The summed E-state index contributed by atoms with van der Waals surface area (Å²) in [6.45, 7) is 5.20. The number of hydrogen-bond donors (Lipinski definition) is 2. The topological polar surface area (TPSA) is 110 Å². The third-order valence-electron chi connectivity index (χ3n) is 4.98. The molecule has 1 amide bonds. The summed E-state index contributed by atoms with van der Waals surface area (Å²) in [5.41, 5.74) is 9.12. The van der Waals surface area contributed by atoms with Crippen LogP contribution in [0.15, 0.2) is 41.3 Å². The molecule has 0 aliphatic rings. The Kier molecular flexibility index (Phi) is 6.14. The molecule has 0 atom stereocenters. The Morgan fingerprint density at radius 1 is 1.20 bits per heavy atom. The Labute approximate surface area is 176 Å². The molecule has 1 aromatic heterocycles. The monoisotopic (exact) mass is 429 g/mol. The van der Waals surface area contributed by atoms with E-state index in [0.29, 0.717) is 17.6 Å². The van der Waals surface area contributed by atoms with E-state index in [9.17, 15) is 13.2 Å². The van der Waals surface area contributed by atoms with Gasteiger partial charge in [-0.05, 0) is 49.2 Å². The first kappa shape index (κ1) is 21.8. The van der Waals surface area contributed by atoms with E-state index in [-0.39, 0.29) is 4.90 Å². The first-order chi connectivity index (χ1) is 14.1. The molecule has 0 aliphatic carbocycles. The molecule has 3 N–H and O–H groups in total. The van der Waals surface area contributed by atoms with E-state index in [0.717, 1.165) is 35.6 Å². The molecule has 0 radical (unpaired) electrons. The number of fused-ring (bicyclic) bond motifs is 1. The average Bonchev–Trinajstić information content (AvgIpc) is 3.04. The molecular weight excluding hydrogens is 402 g/mol. The predicted molar refractivity (Wildman–Crippen MR) is 118 cm³/mol. The second kappa shape index (κ2) is 8.45. The van der Waals surface area contributed by atoms with Crippen LogP contribution in [0.25, 0.3) is 11.0 Å². The van der Waals surface area contributed by atoms with Crippen molar-refractivity contribution in [3.05, 3.63) is 53.3 Å². The van der Waals surface area contributed by atoms with Crippen LogP contribution in [0.5, 0.6) is 0 Å². The van der Waals surface area contributed by atoms with Gasteiger partial charge in [0.15, 0.2) is 0 Å². The highest BCUT2D eigenvalue weighted by molar-refractivity contribution is 7.89. The van der Waals surface area contributed by atoms with Crippen LogP contribution in [-0.4, -0.2) is 42.3 Å². The van der Waals surface area contributed by atoms with Crippen LogP contribution in [-0.2, 0) is 23.1 Å². The number of nitrogens with zero attached hydrogens (tertiary/aromatic N) is 3. The molecule has 3 aromatic rings. The minimum absolute atomic E-state index is 0.214. The standard InChI is InChI=1S/C21H27N5O3S/c1-5-10-26-19-9-8-16(30(28,29)25(3)4)12-18(19)24-20(26)13-23-17-11-15(21(22)27)7-6-14(17)2/h6-9,11-12,23H,5,10,13H2,1-4H3,(H2,22,27). The van der Waals surface area contributed by atoms with Gasteiger partial charge in [0.1, 0.15) is 5.82 Å². The lowest BCUT2D eigenvalue weighted by molar-refractivity contribution is 0.100. The number of imidazole rings is 1. The van der Waals surface area contributed by atoms with E-state index in [1.807, 2.05) is 13.0 Å². The van der Waals surface area contributed by atoms with Crippen LogP contribution >= 0.6 is 0 Å². The normalized spacial score (nSPS) is 11.9. The summed E-state index contributed by atoms with van der Waals surface area (Å²) in [6.07, 6.45) is 0.909. The van der Waals surface area contributed by atoms with Crippen molar-refractivity contribution >= 4 is 32.7 Å². The van der Waals surface area contributed by atoms with Crippen molar-refractivity contribution in [1.29, 1.82) is 0 Å². The van der Waals surface area contributed by atoms with Crippen molar-refractivity contribution in [3.8, 4) is 0 Å². The number of sulfonamides is 1. The molecule has 0 unspecified atom stereocenters. The van der Waals surface area contributed by atoms with Gasteiger partial charge < -0.3 is 15.6 Å². The van der Waals surface area contributed by atoms with Gasteiger partial charge in [-0.15, -0.1) is 0 Å². The maximum Gasteiger partial charge on any atom is 0.248 e. The molecule has 8 nitrogen and oxygen atoms in total. The summed E-state index contributed by atoms with van der Waals surface area (Å²) in [5.74, 6) is 0.307. The number of hydrogen-bond acceptors (Lipinski definition) is 5. The lowest BCUT2D eigenvalue weighted by Crippen LogP contribution is -2.22. The molecule has 0 saturated heterocycles. The number of nitrogens with two attached hydrogens (primary N) is 1. The second-order valence-electron chi connectivity index (χ2n) is 7.37. The third-order valence-corrected chi connectivity index (χ3v) is 6.79. The molecule has 0 aliphatic heterocycles. The summed E-state index contributed by atoms with van der Waals surface area (Å²) in [7, 11) is -0.519. The first-order valence-corrected chi connectivity index (χ1v) is 11.1. The maximum absolute atomic E-state index is 12.5. The SMILES string of the molecule is CCCn1c(CNc2cc(C(N)=O)ccc2C)nc2cc(S(=O)(=O)N(C)C)ccc21. The lowest BCUT2D eigenvalue weighted by atomic mass is 10.1. The number of amides is 1. The number of aromatic nitrogens is 2. The van der Waals surface area contributed by atoms with Gasteiger partial charge >= 0.3 is 0 Å². The quantitative estimate of drug-likeness (QED) is 0.572. The van der Waals surface area contributed by atoms with Crippen molar-refractivity contribution in [2.45, 2.75) is 38.3 Å². The molecule has 9 heteroatoms. The molecule has 2 aromatic carbocycles. The zero-order valence-corrected chi connectivity index (χ0v) is 18.5. The van der Waals surface area contributed by atoms with Gasteiger partial charge in [-0.2, -0.15) is 0 Å². The van der Waals surface area contributed by atoms with Crippen LogP contribution in [0.1, 0.15) is 35.1 Å². The van der Waals surface area contributed by atoms with Crippen LogP contribution < -0.4 is 11.1 Å². The minimum Gasteiger partial charge on any atom is -0.378 e. The van der Waals surface area contributed by atoms with Crippen LogP contribution in [0.4, 0.5) is 5.69 Å². The Morgan fingerprint density at radius 3 is 2.57 bits per heavy atom. The number of primary amides is 1. The van der Waals surface area contributed by atoms with E-state index in [2.05, 4.69) is 16.8 Å². The fraction of sp³-hybridized carbons (Fsp3) is 0.333. The van der Waals surface area contributed by atoms with Crippen LogP contribution in [0, 0.1) is 6.92 Å². The van der Waals surface area contributed by atoms with Crippen molar-refractivity contribution in [2.24, 2.45) is 5.73 Å². The Hall–Kier alpha value is -2.91. The number of carbonyl (C=O) groups excluding carboxylic acids is 1. The van der Waals surface area contributed by atoms with Gasteiger partial charge in [0.2, 0.25) is 15.9 Å². The smallest absolute Gasteiger partial charge is 0.248 e. The number of benzene rings is 2. The predicted octanol–water partition coefficient (Wildman–Crippen LogP) is 2.72. The maximum atomic E-state index is 12.5. The highest BCUT2D eigenvalue weighted by Gasteiger charge is 2.19. The van der Waals surface area contributed by atoms with E-state index in [1.165, 1.54) is 18.4 Å². The Morgan fingerprint density at radius 2 is 1.93 bits per heavy atom. The first-order valence-electron chi connectivity index (χ1n) is 9.71.